The first kappa shape index (κ1) is 15.4. The van der Waals surface area contributed by atoms with Gasteiger partial charge in [0.2, 0.25) is 0 Å². The Morgan fingerprint density at radius 3 is 3.04 bits per heavy atom. The first-order chi connectivity index (χ1) is 11.9. The van der Waals surface area contributed by atoms with Crippen molar-refractivity contribution < 1.29 is 9.47 Å². The van der Waals surface area contributed by atoms with Gasteiger partial charge in [0.05, 0.1) is 53.8 Å². The highest BCUT2D eigenvalue weighted by Crippen LogP contribution is 2.19. The molecule has 24 heavy (non-hydrogen) atoms. The molecule has 1 saturated heterocycles. The maximum Gasteiger partial charge on any atom is 0.145 e. The van der Waals surface area contributed by atoms with Gasteiger partial charge in [-0.3, -0.25) is 4.98 Å². The highest BCUT2D eigenvalue weighted by molar-refractivity contribution is 7.07. The van der Waals surface area contributed by atoms with Crippen molar-refractivity contribution in [3.63, 3.8) is 0 Å². The van der Waals surface area contributed by atoms with Crippen molar-refractivity contribution >= 4 is 28.2 Å². The van der Waals surface area contributed by atoms with E-state index in [0.29, 0.717) is 19.8 Å². The van der Waals surface area contributed by atoms with Crippen LogP contribution in [0.3, 0.4) is 0 Å². The minimum absolute atomic E-state index is 0.0489. The maximum atomic E-state index is 6.05. The van der Waals surface area contributed by atoms with Crippen LogP contribution in [-0.4, -0.2) is 40.3 Å². The summed E-state index contributed by atoms with van der Waals surface area (Å²) in [6.07, 6.45) is 2.67. The maximum absolute atomic E-state index is 6.05. The molecule has 0 bridgehead atoms. The molecule has 1 fully saturated rings. The molecular formula is C17H18N4O2S. The quantitative estimate of drug-likeness (QED) is 0.769. The number of nitrogens with zero attached hydrogens (tertiary/aromatic N) is 3. The number of benzene rings is 1. The molecule has 0 amide bonds. The average Bonchev–Trinajstić information content (AvgIpc) is 3.14. The van der Waals surface area contributed by atoms with Crippen LogP contribution in [0.2, 0.25) is 0 Å². The zero-order chi connectivity index (χ0) is 16.2. The van der Waals surface area contributed by atoms with E-state index in [-0.39, 0.29) is 12.1 Å². The van der Waals surface area contributed by atoms with Crippen molar-refractivity contribution in [3.8, 4) is 0 Å². The molecule has 4 rings (SSSR count). The molecule has 2 aromatic heterocycles. The lowest BCUT2D eigenvalue weighted by molar-refractivity contribution is -0.0486. The minimum atomic E-state index is 0.0489. The molecule has 0 unspecified atom stereocenters. The number of hydrogen-bond donors (Lipinski definition) is 1. The van der Waals surface area contributed by atoms with E-state index in [1.165, 1.54) is 0 Å². The van der Waals surface area contributed by atoms with Gasteiger partial charge in [-0.2, -0.15) is 0 Å². The largest absolute Gasteiger partial charge is 0.379 e. The van der Waals surface area contributed by atoms with Gasteiger partial charge in [0.1, 0.15) is 5.82 Å². The Kier molecular flexibility index (Phi) is 4.64. The summed E-state index contributed by atoms with van der Waals surface area (Å²) in [5.74, 6) is 0.742. The fourth-order valence-corrected chi connectivity index (χ4v) is 3.31. The standard InChI is InChI=1S/C17H18N4O2S/c1-2-4-14-13(3-1)18-7-17(20-14)21-15-9-22-6-5-16(15)23-8-12-10-24-11-19-12/h1-4,7,10-11,15-16H,5-6,8-9H2,(H,20,21)/t15-,16+/m0/s1. The molecule has 2 atom stereocenters. The molecule has 1 aliphatic rings. The highest BCUT2D eigenvalue weighted by atomic mass is 32.1. The van der Waals surface area contributed by atoms with Gasteiger partial charge in [0.15, 0.2) is 0 Å². The first-order valence-corrected chi connectivity index (χ1v) is 8.87. The van der Waals surface area contributed by atoms with Crippen LogP contribution in [0.5, 0.6) is 0 Å². The zero-order valence-corrected chi connectivity index (χ0v) is 13.9. The van der Waals surface area contributed by atoms with Crippen molar-refractivity contribution in [2.75, 3.05) is 18.5 Å². The second-order valence-corrected chi connectivity index (χ2v) is 6.41. The third-order valence-corrected chi connectivity index (χ3v) is 4.64. The van der Waals surface area contributed by atoms with E-state index in [9.17, 15) is 0 Å². The van der Waals surface area contributed by atoms with Crippen molar-refractivity contribution in [2.24, 2.45) is 0 Å². The third kappa shape index (κ3) is 3.53. The summed E-state index contributed by atoms with van der Waals surface area (Å²) in [6.45, 7) is 1.83. The van der Waals surface area contributed by atoms with E-state index in [2.05, 4.69) is 20.3 Å². The van der Waals surface area contributed by atoms with Gasteiger partial charge in [-0.25, -0.2) is 9.97 Å². The summed E-state index contributed by atoms with van der Waals surface area (Å²) in [7, 11) is 0. The van der Waals surface area contributed by atoms with E-state index in [1.54, 1.807) is 17.5 Å². The topological polar surface area (TPSA) is 69.2 Å². The van der Waals surface area contributed by atoms with Crippen LogP contribution < -0.4 is 5.32 Å². The van der Waals surface area contributed by atoms with Gasteiger partial charge in [-0.05, 0) is 18.6 Å². The van der Waals surface area contributed by atoms with Crippen LogP contribution in [0.15, 0.2) is 41.4 Å². The molecule has 3 heterocycles. The van der Waals surface area contributed by atoms with Crippen molar-refractivity contribution in [1.29, 1.82) is 0 Å². The van der Waals surface area contributed by atoms with E-state index in [4.69, 9.17) is 9.47 Å². The third-order valence-electron chi connectivity index (χ3n) is 4.00. The zero-order valence-electron chi connectivity index (χ0n) is 13.1. The van der Waals surface area contributed by atoms with Crippen molar-refractivity contribution in [2.45, 2.75) is 25.2 Å². The number of para-hydroxylation sites is 2. The Labute approximate surface area is 143 Å². The van der Waals surface area contributed by atoms with Gasteiger partial charge in [-0.1, -0.05) is 12.1 Å². The molecule has 0 radical (unpaired) electrons. The van der Waals surface area contributed by atoms with Crippen LogP contribution in [0.25, 0.3) is 11.0 Å². The molecule has 0 spiro atoms. The van der Waals surface area contributed by atoms with Gasteiger partial charge >= 0.3 is 0 Å². The SMILES string of the molecule is c1ccc2nc(N[C@H]3COCC[C@H]3OCc3cscn3)cnc2c1. The lowest BCUT2D eigenvalue weighted by Crippen LogP contribution is -2.44. The number of fused-ring (bicyclic) bond motifs is 1. The molecule has 0 aliphatic carbocycles. The molecule has 3 aromatic rings. The number of thiazole rings is 1. The van der Waals surface area contributed by atoms with Crippen LogP contribution >= 0.6 is 11.3 Å². The molecule has 7 heteroatoms. The minimum Gasteiger partial charge on any atom is -0.379 e. The fraction of sp³-hybridized carbons (Fsp3) is 0.353. The van der Waals surface area contributed by atoms with E-state index < -0.39 is 0 Å². The second-order valence-electron chi connectivity index (χ2n) is 5.69. The van der Waals surface area contributed by atoms with Gasteiger partial charge in [0, 0.05) is 12.0 Å². The molecule has 124 valence electrons. The highest BCUT2D eigenvalue weighted by Gasteiger charge is 2.27. The molecule has 1 aliphatic heterocycles. The number of hydrogen-bond acceptors (Lipinski definition) is 7. The summed E-state index contributed by atoms with van der Waals surface area (Å²) in [5, 5.41) is 5.42. The number of anilines is 1. The Bertz CT molecular complexity index is 796. The van der Waals surface area contributed by atoms with Crippen LogP contribution in [0.4, 0.5) is 5.82 Å². The Balaban J connectivity index is 1.45. The van der Waals surface area contributed by atoms with Crippen LogP contribution in [0.1, 0.15) is 12.1 Å². The van der Waals surface area contributed by atoms with E-state index in [1.807, 2.05) is 35.2 Å². The lowest BCUT2D eigenvalue weighted by Gasteiger charge is -2.32. The fourth-order valence-electron chi connectivity index (χ4n) is 2.77. The molecule has 1 N–H and O–H groups in total. The number of aromatic nitrogens is 3. The van der Waals surface area contributed by atoms with Crippen molar-refractivity contribution in [1.82, 2.24) is 15.0 Å². The molecule has 1 aromatic carbocycles. The number of nitrogens with one attached hydrogen (secondary N) is 1. The molecule has 6 nitrogen and oxygen atoms in total. The predicted octanol–water partition coefficient (Wildman–Crippen LogP) is 2.87. The van der Waals surface area contributed by atoms with Crippen LogP contribution in [-0.2, 0) is 16.1 Å². The Morgan fingerprint density at radius 1 is 1.25 bits per heavy atom. The van der Waals surface area contributed by atoms with Crippen molar-refractivity contribution in [3.05, 3.63) is 47.0 Å². The second kappa shape index (κ2) is 7.21. The van der Waals surface area contributed by atoms with Gasteiger partial charge in [0.25, 0.3) is 0 Å². The molecular weight excluding hydrogens is 324 g/mol. The number of rotatable bonds is 5. The number of ether oxygens (including phenoxy) is 2. The van der Waals surface area contributed by atoms with Gasteiger partial charge < -0.3 is 14.8 Å². The van der Waals surface area contributed by atoms with Crippen LogP contribution in [0, 0.1) is 0 Å². The predicted molar refractivity (Wildman–Crippen MR) is 93.1 cm³/mol. The summed E-state index contributed by atoms with van der Waals surface area (Å²) >= 11 is 1.58. The van der Waals surface area contributed by atoms with E-state index >= 15 is 0 Å². The average molecular weight is 342 g/mol. The smallest absolute Gasteiger partial charge is 0.145 e. The Morgan fingerprint density at radius 2 is 2.17 bits per heavy atom. The van der Waals surface area contributed by atoms with E-state index in [0.717, 1.165) is 29.0 Å². The lowest BCUT2D eigenvalue weighted by atomic mass is 10.1. The Hall–Kier alpha value is -2.09. The summed E-state index contributed by atoms with van der Waals surface area (Å²) in [6, 6.07) is 7.88. The summed E-state index contributed by atoms with van der Waals surface area (Å²) in [5.41, 5.74) is 4.55. The summed E-state index contributed by atoms with van der Waals surface area (Å²) < 4.78 is 11.7. The molecule has 0 saturated carbocycles. The van der Waals surface area contributed by atoms with Gasteiger partial charge in [-0.15, -0.1) is 11.3 Å². The summed E-state index contributed by atoms with van der Waals surface area (Å²) in [4.78, 5) is 13.3. The normalized spacial score (nSPS) is 21.0. The monoisotopic (exact) mass is 342 g/mol. The first-order valence-electron chi connectivity index (χ1n) is 7.93.